The van der Waals surface area contributed by atoms with Crippen LogP contribution in [0.2, 0.25) is 0 Å². The molecule has 0 aromatic rings. The molecule has 2 unspecified atom stereocenters. The Kier molecular flexibility index (Phi) is 3.33. The van der Waals surface area contributed by atoms with E-state index in [4.69, 9.17) is 5.73 Å². The second-order valence-electron chi connectivity index (χ2n) is 5.37. The Bertz CT molecular complexity index is 296. The molecule has 2 aliphatic carbocycles. The summed E-state index contributed by atoms with van der Waals surface area (Å²) in [4.78, 5) is 12.1. The van der Waals surface area contributed by atoms with Crippen molar-refractivity contribution in [3.63, 3.8) is 0 Å². The van der Waals surface area contributed by atoms with Crippen LogP contribution in [0.4, 0.5) is 0 Å². The zero-order valence-electron chi connectivity index (χ0n) is 10.0. The summed E-state index contributed by atoms with van der Waals surface area (Å²) in [6, 6.07) is 0. The van der Waals surface area contributed by atoms with E-state index in [0.717, 1.165) is 19.3 Å². The Morgan fingerprint density at radius 3 is 2.69 bits per heavy atom. The minimum atomic E-state index is -0.168. The van der Waals surface area contributed by atoms with E-state index in [9.17, 15) is 4.79 Å². The molecule has 2 atom stereocenters. The zero-order valence-corrected chi connectivity index (χ0v) is 10.0. The van der Waals surface area contributed by atoms with Gasteiger partial charge in [0.2, 0.25) is 5.91 Å². The highest BCUT2D eigenvalue weighted by atomic mass is 16.2. The van der Waals surface area contributed by atoms with Crippen LogP contribution in [0.15, 0.2) is 12.2 Å². The van der Waals surface area contributed by atoms with E-state index in [2.05, 4.69) is 24.4 Å². The van der Waals surface area contributed by atoms with Gasteiger partial charge in [0, 0.05) is 12.5 Å². The topological polar surface area (TPSA) is 55.1 Å². The number of allylic oxidation sites excluding steroid dienone is 2. The molecule has 1 saturated carbocycles. The summed E-state index contributed by atoms with van der Waals surface area (Å²) in [5.74, 6) is 0.958. The summed E-state index contributed by atoms with van der Waals surface area (Å²) in [5.41, 5.74) is 5.63. The second kappa shape index (κ2) is 4.58. The molecular weight excluding hydrogens is 200 g/mol. The number of nitrogens with two attached hydrogens (primary N) is 1. The van der Waals surface area contributed by atoms with E-state index in [0.29, 0.717) is 12.5 Å². The monoisotopic (exact) mass is 222 g/mol. The standard InChI is InChI=1S/C13H22N2O/c1-13(9-14,11-7-8-11)15-12(16)10-5-3-2-4-6-10/h2-3,10-11H,4-9,14H2,1H3,(H,15,16). The highest BCUT2D eigenvalue weighted by Crippen LogP contribution is 2.39. The number of hydrogen-bond acceptors (Lipinski definition) is 2. The first-order valence-corrected chi connectivity index (χ1v) is 6.33. The van der Waals surface area contributed by atoms with Crippen molar-refractivity contribution in [2.45, 2.75) is 44.6 Å². The maximum atomic E-state index is 12.1. The number of carbonyl (C=O) groups is 1. The Morgan fingerprint density at radius 1 is 1.44 bits per heavy atom. The smallest absolute Gasteiger partial charge is 0.223 e. The molecule has 90 valence electrons. The van der Waals surface area contributed by atoms with Gasteiger partial charge in [-0.2, -0.15) is 0 Å². The maximum Gasteiger partial charge on any atom is 0.223 e. The van der Waals surface area contributed by atoms with Crippen LogP contribution in [0.25, 0.3) is 0 Å². The van der Waals surface area contributed by atoms with Crippen LogP contribution in [0.3, 0.4) is 0 Å². The molecule has 0 spiro atoms. The van der Waals surface area contributed by atoms with Gasteiger partial charge in [0.1, 0.15) is 0 Å². The fourth-order valence-corrected chi connectivity index (χ4v) is 2.46. The Hall–Kier alpha value is -0.830. The van der Waals surface area contributed by atoms with Crippen molar-refractivity contribution in [2.24, 2.45) is 17.6 Å². The summed E-state index contributed by atoms with van der Waals surface area (Å²) < 4.78 is 0. The molecule has 0 heterocycles. The lowest BCUT2D eigenvalue weighted by Gasteiger charge is -2.31. The lowest BCUT2D eigenvalue weighted by Crippen LogP contribution is -2.54. The average molecular weight is 222 g/mol. The summed E-state index contributed by atoms with van der Waals surface area (Å²) in [5, 5.41) is 3.18. The maximum absolute atomic E-state index is 12.1. The van der Waals surface area contributed by atoms with Crippen molar-refractivity contribution in [2.75, 3.05) is 6.54 Å². The van der Waals surface area contributed by atoms with Gasteiger partial charge in [-0.15, -0.1) is 0 Å². The van der Waals surface area contributed by atoms with Gasteiger partial charge < -0.3 is 11.1 Å². The molecular formula is C13H22N2O. The van der Waals surface area contributed by atoms with E-state index in [-0.39, 0.29) is 17.4 Å². The largest absolute Gasteiger partial charge is 0.349 e. The van der Waals surface area contributed by atoms with Crippen LogP contribution in [0.5, 0.6) is 0 Å². The highest BCUT2D eigenvalue weighted by molar-refractivity contribution is 5.79. The average Bonchev–Trinajstić information content (AvgIpc) is 3.14. The molecule has 3 nitrogen and oxygen atoms in total. The normalized spacial score (nSPS) is 28.5. The molecule has 0 aliphatic heterocycles. The van der Waals surface area contributed by atoms with E-state index in [1.165, 1.54) is 12.8 Å². The van der Waals surface area contributed by atoms with E-state index in [1.807, 2.05) is 0 Å². The number of hydrogen-bond donors (Lipinski definition) is 2. The molecule has 0 radical (unpaired) electrons. The first-order valence-electron chi connectivity index (χ1n) is 6.33. The van der Waals surface area contributed by atoms with Crippen molar-refractivity contribution >= 4 is 5.91 Å². The molecule has 3 N–H and O–H groups in total. The molecule has 2 rings (SSSR count). The van der Waals surface area contributed by atoms with Gasteiger partial charge in [0.15, 0.2) is 0 Å². The molecule has 16 heavy (non-hydrogen) atoms. The third kappa shape index (κ3) is 2.46. The number of amides is 1. The lowest BCUT2D eigenvalue weighted by atomic mass is 9.90. The third-order valence-corrected chi connectivity index (χ3v) is 3.95. The quantitative estimate of drug-likeness (QED) is 0.710. The van der Waals surface area contributed by atoms with E-state index in [1.54, 1.807) is 0 Å². The molecule has 0 saturated heterocycles. The summed E-state index contributed by atoms with van der Waals surface area (Å²) in [6.07, 6.45) is 9.58. The van der Waals surface area contributed by atoms with Crippen molar-refractivity contribution in [3.8, 4) is 0 Å². The van der Waals surface area contributed by atoms with Crippen LogP contribution >= 0.6 is 0 Å². The Morgan fingerprint density at radius 2 is 2.19 bits per heavy atom. The second-order valence-corrected chi connectivity index (χ2v) is 5.37. The van der Waals surface area contributed by atoms with E-state index >= 15 is 0 Å². The molecule has 0 aromatic carbocycles. The Labute approximate surface area is 97.5 Å². The number of rotatable bonds is 4. The van der Waals surface area contributed by atoms with Gasteiger partial charge in [-0.3, -0.25) is 4.79 Å². The third-order valence-electron chi connectivity index (χ3n) is 3.95. The molecule has 0 aromatic heterocycles. The van der Waals surface area contributed by atoms with Crippen LogP contribution in [-0.2, 0) is 4.79 Å². The lowest BCUT2D eigenvalue weighted by molar-refractivity contribution is -0.127. The minimum Gasteiger partial charge on any atom is -0.349 e. The molecule has 3 heteroatoms. The summed E-state index contributed by atoms with van der Waals surface area (Å²) >= 11 is 0. The van der Waals surface area contributed by atoms with Gasteiger partial charge in [0.25, 0.3) is 0 Å². The fraction of sp³-hybridized carbons (Fsp3) is 0.769. The zero-order chi connectivity index (χ0) is 11.6. The molecule has 0 bridgehead atoms. The van der Waals surface area contributed by atoms with Crippen molar-refractivity contribution in [3.05, 3.63) is 12.2 Å². The fourth-order valence-electron chi connectivity index (χ4n) is 2.46. The van der Waals surface area contributed by atoms with Crippen LogP contribution in [-0.4, -0.2) is 18.0 Å². The first kappa shape index (κ1) is 11.6. The highest BCUT2D eigenvalue weighted by Gasteiger charge is 2.42. The Balaban J connectivity index is 1.92. The molecule has 1 fully saturated rings. The number of nitrogens with one attached hydrogen (secondary N) is 1. The van der Waals surface area contributed by atoms with Gasteiger partial charge in [-0.25, -0.2) is 0 Å². The van der Waals surface area contributed by atoms with E-state index < -0.39 is 0 Å². The molecule has 1 amide bonds. The number of carbonyl (C=O) groups excluding carboxylic acids is 1. The van der Waals surface area contributed by atoms with Crippen LogP contribution < -0.4 is 11.1 Å². The minimum absolute atomic E-state index is 0.162. The molecule has 2 aliphatic rings. The SMILES string of the molecule is CC(CN)(NC(=O)C1CC=CCC1)C1CC1. The summed E-state index contributed by atoms with van der Waals surface area (Å²) in [6.45, 7) is 2.63. The van der Waals surface area contributed by atoms with Crippen molar-refractivity contribution < 1.29 is 4.79 Å². The van der Waals surface area contributed by atoms with Crippen molar-refractivity contribution in [1.82, 2.24) is 5.32 Å². The first-order chi connectivity index (χ1) is 7.65. The van der Waals surface area contributed by atoms with Gasteiger partial charge in [-0.05, 0) is 44.9 Å². The van der Waals surface area contributed by atoms with Crippen LogP contribution in [0.1, 0.15) is 39.0 Å². The van der Waals surface area contributed by atoms with Gasteiger partial charge in [0.05, 0.1) is 5.54 Å². The summed E-state index contributed by atoms with van der Waals surface area (Å²) in [7, 11) is 0. The van der Waals surface area contributed by atoms with Crippen LogP contribution in [0, 0.1) is 11.8 Å². The van der Waals surface area contributed by atoms with Crippen molar-refractivity contribution in [1.29, 1.82) is 0 Å². The van der Waals surface area contributed by atoms with Gasteiger partial charge >= 0.3 is 0 Å². The predicted molar refractivity (Wildman–Crippen MR) is 64.8 cm³/mol. The van der Waals surface area contributed by atoms with Gasteiger partial charge in [-0.1, -0.05) is 12.2 Å². The predicted octanol–water partition coefficient (Wildman–Crippen LogP) is 1.59.